The molecule has 2 saturated heterocycles. The Bertz CT molecular complexity index is 1480. The molecular formula is C32H34Cl2N4O4S. The van der Waals surface area contributed by atoms with Gasteiger partial charge in [0.25, 0.3) is 5.91 Å². The van der Waals surface area contributed by atoms with E-state index in [1.165, 1.54) is 11.8 Å². The molecule has 0 saturated carbocycles. The first-order valence-electron chi connectivity index (χ1n) is 14.6. The minimum atomic E-state index is -1.56. The Labute approximate surface area is 265 Å². The average molecular weight is 642 g/mol. The maximum atomic E-state index is 14.7. The van der Waals surface area contributed by atoms with E-state index >= 15 is 0 Å². The smallest absolute Gasteiger partial charge is 0.256 e. The quantitative estimate of drug-likeness (QED) is 0.393. The van der Waals surface area contributed by atoms with Crippen molar-refractivity contribution in [2.24, 2.45) is 0 Å². The van der Waals surface area contributed by atoms with Gasteiger partial charge in [0, 0.05) is 46.8 Å². The number of benzene rings is 2. The fourth-order valence-corrected chi connectivity index (χ4v) is 8.62. The van der Waals surface area contributed by atoms with E-state index in [2.05, 4.69) is 15.5 Å². The predicted molar refractivity (Wildman–Crippen MR) is 168 cm³/mol. The van der Waals surface area contributed by atoms with E-state index < -0.39 is 10.3 Å². The van der Waals surface area contributed by atoms with Crippen LogP contribution in [-0.2, 0) is 25.7 Å². The Kier molecular flexibility index (Phi) is 8.89. The van der Waals surface area contributed by atoms with Crippen molar-refractivity contribution >= 4 is 52.7 Å². The number of rotatable bonds is 9. The summed E-state index contributed by atoms with van der Waals surface area (Å²) in [6, 6.07) is 16.8. The fraction of sp³-hybridized carbons (Fsp3) is 0.406. The molecule has 0 bridgehead atoms. The molecule has 226 valence electrons. The summed E-state index contributed by atoms with van der Waals surface area (Å²) in [4.78, 5) is 48.0. The molecule has 2 aromatic rings. The summed E-state index contributed by atoms with van der Waals surface area (Å²) >= 11 is 14.0. The summed E-state index contributed by atoms with van der Waals surface area (Å²) in [5.41, 5.74) is 0.509. The number of carbonyl (C=O) groups is 3. The van der Waals surface area contributed by atoms with Crippen LogP contribution in [0.3, 0.4) is 0 Å². The maximum absolute atomic E-state index is 14.7. The van der Waals surface area contributed by atoms with Crippen LogP contribution in [0.1, 0.15) is 31.2 Å². The number of halogens is 2. The Balaban J connectivity index is 1.42. The van der Waals surface area contributed by atoms with Crippen molar-refractivity contribution in [3.63, 3.8) is 0 Å². The highest BCUT2D eigenvalue weighted by Gasteiger charge is 2.74. The predicted octanol–water partition coefficient (Wildman–Crippen LogP) is 4.48. The number of nitrogens with zero attached hydrogens (tertiary/aromatic N) is 2. The van der Waals surface area contributed by atoms with E-state index in [4.69, 9.17) is 27.9 Å². The Hall–Kier alpha value is -2.82. The summed E-state index contributed by atoms with van der Waals surface area (Å²) in [5, 5.41) is 7.33. The van der Waals surface area contributed by atoms with Crippen LogP contribution in [0.15, 0.2) is 81.9 Å². The number of carbonyl (C=O) groups excluding carboxylic acids is 3. The molecular weight excluding hydrogens is 607 g/mol. The fourth-order valence-electron chi connectivity index (χ4n) is 6.67. The van der Waals surface area contributed by atoms with Crippen molar-refractivity contribution < 1.29 is 19.1 Å². The monoisotopic (exact) mass is 640 g/mol. The van der Waals surface area contributed by atoms with E-state index in [0.29, 0.717) is 48.4 Å². The van der Waals surface area contributed by atoms with Crippen molar-refractivity contribution in [2.75, 3.05) is 39.4 Å². The van der Waals surface area contributed by atoms with Gasteiger partial charge in [0.05, 0.1) is 19.6 Å². The molecule has 11 heteroatoms. The minimum absolute atomic E-state index is 0.127. The van der Waals surface area contributed by atoms with Gasteiger partial charge in [0.2, 0.25) is 11.8 Å². The van der Waals surface area contributed by atoms with Crippen LogP contribution >= 0.6 is 35.0 Å². The average Bonchev–Trinajstić information content (AvgIpc) is 3.43. The normalized spacial score (nSPS) is 25.6. The van der Waals surface area contributed by atoms with E-state index in [1.807, 2.05) is 42.5 Å². The highest BCUT2D eigenvalue weighted by molar-refractivity contribution is 8.01. The molecule has 2 atom stereocenters. The van der Waals surface area contributed by atoms with E-state index in [9.17, 15) is 14.4 Å². The van der Waals surface area contributed by atoms with Crippen LogP contribution in [0.4, 0.5) is 0 Å². The molecule has 43 heavy (non-hydrogen) atoms. The van der Waals surface area contributed by atoms with Gasteiger partial charge in [-0.1, -0.05) is 53.5 Å². The molecule has 2 fully saturated rings. The molecule has 4 aliphatic rings. The van der Waals surface area contributed by atoms with Crippen molar-refractivity contribution in [1.29, 1.82) is 0 Å². The van der Waals surface area contributed by atoms with Gasteiger partial charge < -0.3 is 20.3 Å². The van der Waals surface area contributed by atoms with Crippen LogP contribution in [0, 0.1) is 0 Å². The topological polar surface area (TPSA) is 91.0 Å². The van der Waals surface area contributed by atoms with Crippen molar-refractivity contribution in [2.45, 2.75) is 47.4 Å². The second-order valence-corrected chi connectivity index (χ2v) is 13.5. The number of hydrogen-bond donors (Lipinski definition) is 2. The van der Waals surface area contributed by atoms with Crippen molar-refractivity contribution in [3.8, 4) is 0 Å². The second kappa shape index (κ2) is 12.7. The third kappa shape index (κ3) is 5.62. The van der Waals surface area contributed by atoms with Gasteiger partial charge in [-0.05, 0) is 67.3 Å². The SMILES string of the molecule is O=C1CC(Sc2ccccc2)(C(=O)NCCCN2CCOCC2)C2(C(=O)NC3=C2CCC(Cl)=C3)N1Cc1cccc(Cl)c1. The molecule has 1 spiro atoms. The number of ether oxygens (including phenoxy) is 1. The first-order valence-corrected chi connectivity index (χ1v) is 16.2. The molecule has 1 aliphatic carbocycles. The van der Waals surface area contributed by atoms with E-state index in [1.54, 1.807) is 23.1 Å². The van der Waals surface area contributed by atoms with Gasteiger partial charge >= 0.3 is 0 Å². The molecule has 2 N–H and O–H groups in total. The van der Waals surface area contributed by atoms with Gasteiger partial charge in [-0.25, -0.2) is 0 Å². The lowest BCUT2D eigenvalue weighted by Gasteiger charge is -2.45. The first-order chi connectivity index (χ1) is 20.8. The number of morpholine rings is 1. The Morgan fingerprint density at radius 1 is 1.05 bits per heavy atom. The maximum Gasteiger partial charge on any atom is 0.256 e. The van der Waals surface area contributed by atoms with Crippen molar-refractivity contribution in [3.05, 3.63) is 87.6 Å². The minimum Gasteiger partial charge on any atom is -0.379 e. The largest absolute Gasteiger partial charge is 0.379 e. The molecule has 3 amide bonds. The van der Waals surface area contributed by atoms with E-state index in [-0.39, 0.29) is 30.7 Å². The van der Waals surface area contributed by atoms with Crippen LogP contribution < -0.4 is 10.6 Å². The summed E-state index contributed by atoms with van der Waals surface area (Å²) in [6.45, 7) is 4.53. The third-order valence-corrected chi connectivity index (χ3v) is 10.6. The molecule has 2 aromatic carbocycles. The van der Waals surface area contributed by atoms with Gasteiger partial charge in [-0.3, -0.25) is 19.3 Å². The van der Waals surface area contributed by atoms with Gasteiger partial charge in [0.15, 0.2) is 5.54 Å². The standard InChI is InChI=1S/C32H34Cl2N4O4S/c33-23-7-4-6-22(18-23)21-38-28(39)20-31(43-25-8-2-1-3-9-25,29(40)35-12-5-13-37-14-16-42-17-15-37)32(38)26-11-10-24(34)19-27(26)36-30(32)41/h1-4,6-9,18-19H,5,10-17,20-21H2,(H,35,40)(H,36,41). The highest BCUT2D eigenvalue weighted by atomic mass is 35.5. The Morgan fingerprint density at radius 3 is 2.60 bits per heavy atom. The number of amides is 3. The lowest BCUT2D eigenvalue weighted by Crippen LogP contribution is -2.67. The number of likely N-dealkylation sites (tertiary alicyclic amines) is 1. The van der Waals surface area contributed by atoms with Gasteiger partial charge in [-0.2, -0.15) is 0 Å². The summed E-state index contributed by atoms with van der Waals surface area (Å²) in [5.74, 6) is -0.980. The highest BCUT2D eigenvalue weighted by Crippen LogP contribution is 2.59. The number of hydrogen-bond acceptors (Lipinski definition) is 6. The first kappa shape index (κ1) is 30.2. The molecule has 6 rings (SSSR count). The van der Waals surface area contributed by atoms with E-state index in [0.717, 1.165) is 42.1 Å². The summed E-state index contributed by atoms with van der Waals surface area (Å²) in [6.07, 6.45) is 3.33. The number of fused-ring (bicyclic) bond motifs is 1. The molecule has 0 radical (unpaired) electrons. The molecule has 0 aromatic heterocycles. The van der Waals surface area contributed by atoms with Gasteiger partial charge in [0.1, 0.15) is 4.75 Å². The van der Waals surface area contributed by atoms with Crippen LogP contribution in [0.25, 0.3) is 0 Å². The number of thioether (sulfide) groups is 1. The van der Waals surface area contributed by atoms with Crippen molar-refractivity contribution in [1.82, 2.24) is 20.4 Å². The molecule has 2 unspecified atom stereocenters. The zero-order valence-electron chi connectivity index (χ0n) is 23.7. The van der Waals surface area contributed by atoms with Crippen LogP contribution in [0.5, 0.6) is 0 Å². The zero-order valence-corrected chi connectivity index (χ0v) is 26.1. The number of allylic oxidation sites excluding steroid dienone is 2. The molecule has 8 nitrogen and oxygen atoms in total. The van der Waals surface area contributed by atoms with Gasteiger partial charge in [-0.15, -0.1) is 11.8 Å². The second-order valence-electron chi connectivity index (χ2n) is 11.2. The Morgan fingerprint density at radius 2 is 1.84 bits per heavy atom. The third-order valence-electron chi connectivity index (χ3n) is 8.62. The van der Waals surface area contributed by atoms with Crippen LogP contribution in [-0.4, -0.2) is 77.2 Å². The lowest BCUT2D eigenvalue weighted by molar-refractivity contribution is -0.140. The molecule has 3 heterocycles. The lowest BCUT2D eigenvalue weighted by atomic mass is 9.74. The zero-order chi connectivity index (χ0) is 30.0. The molecule has 3 aliphatic heterocycles. The number of nitrogens with one attached hydrogen (secondary N) is 2. The van der Waals surface area contributed by atoms with Crippen LogP contribution in [0.2, 0.25) is 5.02 Å². The summed E-state index contributed by atoms with van der Waals surface area (Å²) < 4.78 is 3.98. The summed E-state index contributed by atoms with van der Waals surface area (Å²) in [7, 11) is 0.